The summed E-state index contributed by atoms with van der Waals surface area (Å²) in [6.07, 6.45) is 5.65. The number of pyridine rings is 1. The van der Waals surface area contributed by atoms with E-state index in [2.05, 4.69) is 30.9 Å². The van der Waals surface area contributed by atoms with E-state index in [1.54, 1.807) is 42.5 Å². The molecule has 1 saturated carbocycles. The van der Waals surface area contributed by atoms with Gasteiger partial charge in [0.25, 0.3) is 5.91 Å². The first-order valence-electron chi connectivity index (χ1n) is 14.9. The molecule has 1 aliphatic heterocycles. The largest absolute Gasteiger partial charge is 0.496 e. The summed E-state index contributed by atoms with van der Waals surface area (Å²) in [4.78, 5) is 30.8. The van der Waals surface area contributed by atoms with Gasteiger partial charge in [0.2, 0.25) is 5.91 Å². The zero-order valence-electron chi connectivity index (χ0n) is 25.7. The van der Waals surface area contributed by atoms with Crippen molar-refractivity contribution in [2.75, 3.05) is 32.6 Å². The van der Waals surface area contributed by atoms with Gasteiger partial charge in [-0.15, -0.1) is 10.2 Å². The number of rotatable bonds is 10. The molecule has 0 bridgehead atoms. The van der Waals surface area contributed by atoms with Crippen LogP contribution in [0.3, 0.4) is 0 Å². The normalized spacial score (nSPS) is 15.9. The third kappa shape index (κ3) is 6.07. The van der Waals surface area contributed by atoms with Gasteiger partial charge in [0.1, 0.15) is 17.5 Å². The van der Waals surface area contributed by atoms with E-state index >= 15 is 0 Å². The first-order valence-corrected chi connectivity index (χ1v) is 13.9. The number of nitrogens with one attached hydrogen (secondary N) is 2. The van der Waals surface area contributed by atoms with Crippen LogP contribution in [0.4, 0.5) is 5.82 Å². The van der Waals surface area contributed by atoms with Crippen molar-refractivity contribution >= 4 is 17.6 Å². The lowest BCUT2D eigenvalue weighted by Gasteiger charge is -2.38. The van der Waals surface area contributed by atoms with E-state index in [4.69, 9.17) is 12.7 Å². The van der Waals surface area contributed by atoms with Gasteiger partial charge in [-0.05, 0) is 42.2 Å². The Bertz CT molecular complexity index is 1810. The van der Waals surface area contributed by atoms with Crippen molar-refractivity contribution in [3.63, 3.8) is 0 Å². The minimum atomic E-state index is -1.83. The zero-order valence-corrected chi connectivity index (χ0v) is 23.7. The summed E-state index contributed by atoms with van der Waals surface area (Å²) >= 11 is 0. The lowest BCUT2D eigenvalue weighted by atomic mass is 9.98. The SMILES string of the molecule is [2H]C([2H])(c1cccc(C#N)n1)N1CC(n2cc(-c3cccc(Cc4cc(NC(=O)C5CC5)nnc4C(=O)NC)c3OC)cn2)C1. The molecule has 4 aromatic rings. The molecule has 1 aromatic carbocycles. The van der Waals surface area contributed by atoms with Gasteiger partial charge in [-0.3, -0.25) is 19.2 Å². The molecule has 2 N–H and O–H groups in total. The maximum atomic E-state index is 12.6. The predicted octanol–water partition coefficient (Wildman–Crippen LogP) is 2.97. The van der Waals surface area contributed by atoms with Crippen LogP contribution in [0, 0.1) is 17.2 Å². The molecular formula is C31H31N9O3. The maximum absolute atomic E-state index is 12.6. The van der Waals surface area contributed by atoms with E-state index in [0.717, 1.165) is 29.5 Å². The van der Waals surface area contributed by atoms with Crippen LogP contribution in [0.5, 0.6) is 5.75 Å². The Balaban J connectivity index is 1.21. The summed E-state index contributed by atoms with van der Waals surface area (Å²) in [5.74, 6) is 0.403. The first-order chi connectivity index (χ1) is 21.7. The quantitative estimate of drug-likeness (QED) is 0.289. The molecule has 0 atom stereocenters. The Morgan fingerprint density at radius 2 is 1.98 bits per heavy atom. The molecule has 2 fully saturated rings. The van der Waals surface area contributed by atoms with Crippen molar-refractivity contribution in [2.45, 2.75) is 31.8 Å². The van der Waals surface area contributed by atoms with E-state index in [1.807, 2.05) is 35.1 Å². The Kier molecular flexibility index (Phi) is 7.12. The monoisotopic (exact) mass is 579 g/mol. The molecule has 2 amide bonds. The number of likely N-dealkylation sites (tertiary alicyclic amines) is 1. The third-order valence-electron chi connectivity index (χ3n) is 7.48. The molecule has 4 heterocycles. The number of nitrogens with zero attached hydrogens (tertiary/aromatic N) is 7. The molecular weight excluding hydrogens is 546 g/mol. The number of methoxy groups -OCH3 is 1. The van der Waals surface area contributed by atoms with Crippen molar-refractivity contribution in [1.82, 2.24) is 35.2 Å². The van der Waals surface area contributed by atoms with Crippen LogP contribution in [0.2, 0.25) is 0 Å². The number of benzene rings is 1. The Hall–Kier alpha value is -5.15. The highest BCUT2D eigenvalue weighted by Crippen LogP contribution is 2.36. The van der Waals surface area contributed by atoms with Crippen LogP contribution < -0.4 is 15.4 Å². The highest BCUT2D eigenvalue weighted by molar-refractivity contribution is 5.95. The summed E-state index contributed by atoms with van der Waals surface area (Å²) in [5, 5.41) is 27.3. The topological polar surface area (TPSA) is 151 Å². The van der Waals surface area contributed by atoms with Gasteiger partial charge in [0.15, 0.2) is 11.5 Å². The summed E-state index contributed by atoms with van der Waals surface area (Å²) in [7, 11) is 3.10. The molecule has 12 nitrogen and oxygen atoms in total. The average molecular weight is 580 g/mol. The highest BCUT2D eigenvalue weighted by atomic mass is 16.5. The van der Waals surface area contributed by atoms with E-state index in [1.165, 1.54) is 7.05 Å². The van der Waals surface area contributed by atoms with Gasteiger partial charge in [0, 0.05) is 59.0 Å². The van der Waals surface area contributed by atoms with Crippen molar-refractivity contribution in [2.24, 2.45) is 5.92 Å². The number of para-hydroxylation sites is 1. The van der Waals surface area contributed by atoms with Crippen molar-refractivity contribution in [1.29, 1.82) is 5.26 Å². The van der Waals surface area contributed by atoms with E-state index in [0.29, 0.717) is 36.6 Å². The van der Waals surface area contributed by atoms with Gasteiger partial charge in [-0.25, -0.2) is 4.98 Å². The molecule has 0 radical (unpaired) electrons. The van der Waals surface area contributed by atoms with Crippen LogP contribution in [0.15, 0.2) is 54.9 Å². The summed E-state index contributed by atoms with van der Waals surface area (Å²) in [6.45, 7) is -0.992. The number of hydrogen-bond donors (Lipinski definition) is 2. The van der Waals surface area contributed by atoms with E-state index in [9.17, 15) is 9.59 Å². The number of ether oxygens (including phenoxy) is 1. The van der Waals surface area contributed by atoms with E-state index < -0.39 is 6.50 Å². The van der Waals surface area contributed by atoms with Gasteiger partial charge in [-0.1, -0.05) is 24.3 Å². The minimum Gasteiger partial charge on any atom is -0.496 e. The standard InChI is InChI=1S/C31H31N9O3/c1-33-31(42)28-21(12-27(37-38-28)36-30(41)19-9-10-19)11-20-5-3-8-26(29(20)43-2)22-14-34-40(15-22)25-17-39(18-25)16-24-7-4-6-23(13-32)35-24/h3-8,12,14-15,19,25H,9-11,16-18H2,1-2H3,(H,33,42)(H,36,37,41)/i16D2. The van der Waals surface area contributed by atoms with Gasteiger partial charge < -0.3 is 15.4 Å². The Morgan fingerprint density at radius 1 is 1.16 bits per heavy atom. The lowest BCUT2D eigenvalue weighted by molar-refractivity contribution is -0.117. The Morgan fingerprint density at radius 3 is 2.72 bits per heavy atom. The fourth-order valence-corrected chi connectivity index (χ4v) is 5.02. The van der Waals surface area contributed by atoms with Crippen LogP contribution in [0.1, 0.15) is 54.6 Å². The fraction of sp³-hybridized carbons (Fsp3) is 0.323. The molecule has 43 heavy (non-hydrogen) atoms. The molecule has 2 aliphatic rings. The highest BCUT2D eigenvalue weighted by Gasteiger charge is 2.31. The number of carbonyl (C=O) groups is 2. The lowest BCUT2D eigenvalue weighted by Crippen LogP contribution is -2.47. The van der Waals surface area contributed by atoms with Crippen LogP contribution in [-0.4, -0.2) is 68.9 Å². The Labute approximate surface area is 251 Å². The molecule has 218 valence electrons. The van der Waals surface area contributed by atoms with Crippen LogP contribution in [-0.2, 0) is 17.7 Å². The van der Waals surface area contributed by atoms with Crippen molar-refractivity contribution < 1.29 is 17.1 Å². The summed E-state index contributed by atoms with van der Waals surface area (Å²) in [6, 6.07) is 14.1. The van der Waals surface area contributed by atoms with Crippen LogP contribution in [0.25, 0.3) is 11.1 Å². The summed E-state index contributed by atoms with van der Waals surface area (Å²) in [5.41, 5.74) is 3.53. The molecule has 1 aliphatic carbocycles. The molecule has 1 saturated heterocycles. The smallest absolute Gasteiger partial charge is 0.271 e. The third-order valence-corrected chi connectivity index (χ3v) is 7.48. The average Bonchev–Trinajstić information content (AvgIpc) is 3.78. The number of anilines is 1. The maximum Gasteiger partial charge on any atom is 0.271 e. The van der Waals surface area contributed by atoms with Crippen LogP contribution >= 0.6 is 0 Å². The fourth-order valence-electron chi connectivity index (χ4n) is 5.02. The second-order valence-corrected chi connectivity index (χ2v) is 10.5. The number of carbonyl (C=O) groups excluding carboxylic acids is 2. The predicted molar refractivity (Wildman–Crippen MR) is 157 cm³/mol. The van der Waals surface area contributed by atoms with E-state index in [-0.39, 0.29) is 40.9 Å². The summed E-state index contributed by atoms with van der Waals surface area (Å²) < 4.78 is 24.9. The molecule has 0 spiro atoms. The van der Waals surface area contributed by atoms with Gasteiger partial charge in [-0.2, -0.15) is 10.4 Å². The second kappa shape index (κ2) is 12.0. The second-order valence-electron chi connectivity index (χ2n) is 10.5. The zero-order chi connectivity index (χ0) is 31.7. The number of hydrogen-bond acceptors (Lipinski definition) is 9. The van der Waals surface area contributed by atoms with Crippen molar-refractivity contribution in [3.05, 3.63) is 83.1 Å². The number of aromatic nitrogens is 5. The first kappa shape index (κ1) is 25.6. The van der Waals surface area contributed by atoms with Crippen molar-refractivity contribution in [3.8, 4) is 22.9 Å². The van der Waals surface area contributed by atoms with Gasteiger partial charge >= 0.3 is 0 Å². The molecule has 12 heteroatoms. The molecule has 3 aromatic heterocycles. The number of amides is 2. The molecule has 6 rings (SSSR count). The minimum absolute atomic E-state index is 0.00504. The van der Waals surface area contributed by atoms with Gasteiger partial charge in [0.05, 0.1) is 25.0 Å². The number of nitriles is 1. The molecule has 0 unspecified atom stereocenters.